The van der Waals surface area contributed by atoms with Gasteiger partial charge in [0, 0.05) is 5.56 Å². The highest BCUT2D eigenvalue weighted by molar-refractivity contribution is 9.11. The lowest BCUT2D eigenvalue weighted by Crippen LogP contribution is -2.11. The Morgan fingerprint density at radius 3 is 2.68 bits per heavy atom. The molecule has 0 saturated heterocycles. The van der Waals surface area contributed by atoms with E-state index in [1.165, 1.54) is 11.3 Å². The average molecular weight is 356 g/mol. The third kappa shape index (κ3) is 3.18. The molecular formula is C13H10BrNO2S2. The highest BCUT2D eigenvalue weighted by atomic mass is 79.9. The van der Waals surface area contributed by atoms with Crippen molar-refractivity contribution >= 4 is 43.0 Å². The number of terminal acetylenes is 1. The second-order valence-electron chi connectivity index (χ2n) is 3.85. The van der Waals surface area contributed by atoms with E-state index >= 15 is 0 Å². The minimum absolute atomic E-state index is 0.267. The predicted octanol–water partition coefficient (Wildman–Crippen LogP) is 3.60. The first-order valence-corrected chi connectivity index (χ1v) is 8.37. The van der Waals surface area contributed by atoms with Crippen LogP contribution in [0, 0.1) is 19.3 Å². The number of hydrogen-bond donors (Lipinski definition) is 1. The third-order valence-corrected chi connectivity index (χ3v) is 6.37. The van der Waals surface area contributed by atoms with Crippen LogP contribution in [0.2, 0.25) is 0 Å². The maximum absolute atomic E-state index is 12.2. The molecule has 0 amide bonds. The molecule has 0 unspecified atom stereocenters. The first-order valence-electron chi connectivity index (χ1n) is 5.28. The van der Waals surface area contributed by atoms with Gasteiger partial charge in [-0.3, -0.25) is 4.72 Å². The molecule has 1 N–H and O–H groups in total. The third-order valence-electron chi connectivity index (χ3n) is 2.38. The van der Waals surface area contributed by atoms with Crippen molar-refractivity contribution in [2.45, 2.75) is 11.1 Å². The molecule has 6 heteroatoms. The number of sulfonamides is 1. The van der Waals surface area contributed by atoms with Gasteiger partial charge in [-0.25, -0.2) is 8.42 Å². The van der Waals surface area contributed by atoms with Crippen LogP contribution in [0.3, 0.4) is 0 Å². The highest BCUT2D eigenvalue weighted by Gasteiger charge is 2.18. The van der Waals surface area contributed by atoms with Crippen molar-refractivity contribution in [2.24, 2.45) is 0 Å². The van der Waals surface area contributed by atoms with Gasteiger partial charge in [0.2, 0.25) is 0 Å². The molecule has 0 aliphatic rings. The van der Waals surface area contributed by atoms with E-state index < -0.39 is 10.0 Å². The van der Waals surface area contributed by atoms with Crippen molar-refractivity contribution in [3.63, 3.8) is 0 Å². The molecule has 0 fully saturated rings. The van der Waals surface area contributed by atoms with Gasteiger partial charge in [0.1, 0.15) is 4.21 Å². The van der Waals surface area contributed by atoms with Crippen molar-refractivity contribution < 1.29 is 8.42 Å². The number of aryl methyl sites for hydroxylation is 1. The normalized spacial score (nSPS) is 11.0. The van der Waals surface area contributed by atoms with E-state index in [1.54, 1.807) is 30.3 Å². The van der Waals surface area contributed by atoms with E-state index in [-0.39, 0.29) is 4.21 Å². The van der Waals surface area contributed by atoms with E-state index in [1.807, 2.05) is 6.92 Å². The highest BCUT2D eigenvalue weighted by Crippen LogP contribution is 2.31. The molecule has 0 spiro atoms. The maximum Gasteiger partial charge on any atom is 0.271 e. The zero-order chi connectivity index (χ0) is 14.0. The summed E-state index contributed by atoms with van der Waals surface area (Å²) in [5, 5.41) is 0. The maximum atomic E-state index is 12.2. The van der Waals surface area contributed by atoms with Crippen molar-refractivity contribution in [1.29, 1.82) is 0 Å². The number of hydrogen-bond acceptors (Lipinski definition) is 3. The largest absolute Gasteiger partial charge is 0.279 e. The summed E-state index contributed by atoms with van der Waals surface area (Å²) in [4.78, 5) is 0. The molecular weight excluding hydrogens is 346 g/mol. The molecule has 1 aromatic carbocycles. The number of halogens is 1. The summed E-state index contributed by atoms with van der Waals surface area (Å²) in [7, 11) is -3.57. The van der Waals surface area contributed by atoms with Crippen molar-refractivity contribution in [3.8, 4) is 12.3 Å². The van der Waals surface area contributed by atoms with Gasteiger partial charge in [0.25, 0.3) is 10.0 Å². The van der Waals surface area contributed by atoms with Crippen LogP contribution in [0.25, 0.3) is 0 Å². The lowest BCUT2D eigenvalue weighted by atomic mass is 10.2. The van der Waals surface area contributed by atoms with Crippen LogP contribution < -0.4 is 4.72 Å². The lowest BCUT2D eigenvalue weighted by Gasteiger charge is -2.06. The van der Waals surface area contributed by atoms with E-state index in [0.717, 1.165) is 9.35 Å². The molecule has 0 radical (unpaired) electrons. The first kappa shape index (κ1) is 14.1. The monoisotopic (exact) mass is 355 g/mol. The molecule has 3 nitrogen and oxygen atoms in total. The molecule has 0 aliphatic carbocycles. The Hall–Kier alpha value is -1.29. The van der Waals surface area contributed by atoms with Crippen LogP contribution >= 0.6 is 27.3 Å². The quantitative estimate of drug-likeness (QED) is 0.855. The Labute approximate surface area is 124 Å². The van der Waals surface area contributed by atoms with Gasteiger partial charge in [-0.2, -0.15) is 0 Å². The van der Waals surface area contributed by atoms with Crippen LogP contribution in [0.5, 0.6) is 0 Å². The SMILES string of the molecule is C#Cc1cccc(NS(=O)(=O)c2cc(C)c(Br)s2)c1. The molecule has 19 heavy (non-hydrogen) atoms. The molecule has 0 bridgehead atoms. The van der Waals surface area contributed by atoms with Crippen molar-refractivity contribution in [2.75, 3.05) is 4.72 Å². The second kappa shape index (κ2) is 5.37. The number of rotatable bonds is 3. The van der Waals surface area contributed by atoms with Gasteiger partial charge in [-0.15, -0.1) is 17.8 Å². The number of thiophene rings is 1. The van der Waals surface area contributed by atoms with Crippen molar-refractivity contribution in [3.05, 3.63) is 45.2 Å². The van der Waals surface area contributed by atoms with Gasteiger partial charge >= 0.3 is 0 Å². The van der Waals surface area contributed by atoms with Crippen molar-refractivity contribution in [1.82, 2.24) is 0 Å². The average Bonchev–Trinajstić information content (AvgIpc) is 2.70. The summed E-state index contributed by atoms with van der Waals surface area (Å²) in [5.74, 6) is 2.47. The predicted molar refractivity (Wildman–Crippen MR) is 81.9 cm³/mol. The zero-order valence-electron chi connectivity index (χ0n) is 9.98. The Bertz CT molecular complexity index is 738. The van der Waals surface area contributed by atoms with Crippen LogP contribution in [-0.2, 0) is 10.0 Å². The molecule has 0 aliphatic heterocycles. The summed E-state index contributed by atoms with van der Waals surface area (Å²) >= 11 is 4.49. The standard InChI is InChI=1S/C13H10BrNO2S2/c1-3-10-5-4-6-11(8-10)15-19(16,17)12-7-9(2)13(14)18-12/h1,4-8,15H,2H3. The molecule has 2 rings (SSSR count). The Kier molecular flexibility index (Phi) is 3.99. The molecule has 0 atom stereocenters. The molecule has 1 aromatic heterocycles. The van der Waals surface area contributed by atoms with Crippen LogP contribution in [0.15, 0.2) is 38.3 Å². The van der Waals surface area contributed by atoms with E-state index in [0.29, 0.717) is 11.3 Å². The Morgan fingerprint density at radius 2 is 2.11 bits per heavy atom. The minimum atomic E-state index is -3.57. The Morgan fingerprint density at radius 1 is 1.37 bits per heavy atom. The number of benzene rings is 1. The summed E-state index contributed by atoms with van der Waals surface area (Å²) < 4.78 is 28.0. The van der Waals surface area contributed by atoms with Crippen LogP contribution in [0.1, 0.15) is 11.1 Å². The zero-order valence-corrected chi connectivity index (χ0v) is 13.2. The van der Waals surface area contributed by atoms with E-state index in [2.05, 4.69) is 26.6 Å². The first-order chi connectivity index (χ1) is 8.92. The Balaban J connectivity index is 2.34. The van der Waals surface area contributed by atoms with Gasteiger partial charge in [0.05, 0.1) is 9.47 Å². The van der Waals surface area contributed by atoms with Crippen LogP contribution in [-0.4, -0.2) is 8.42 Å². The number of anilines is 1. The summed E-state index contributed by atoms with van der Waals surface area (Å²) in [5.41, 5.74) is 1.98. The molecule has 0 saturated carbocycles. The lowest BCUT2D eigenvalue weighted by molar-refractivity contribution is 0.603. The second-order valence-corrected chi connectivity index (χ2v) is 8.13. The molecule has 1 heterocycles. The van der Waals surface area contributed by atoms with Gasteiger partial charge in [0.15, 0.2) is 0 Å². The summed E-state index contributed by atoms with van der Waals surface area (Å²) in [6.07, 6.45) is 5.29. The fourth-order valence-electron chi connectivity index (χ4n) is 1.44. The fourth-order valence-corrected chi connectivity index (χ4v) is 4.72. The fraction of sp³-hybridized carbons (Fsp3) is 0.0769. The molecule has 2 aromatic rings. The minimum Gasteiger partial charge on any atom is -0.279 e. The smallest absolute Gasteiger partial charge is 0.271 e. The molecule has 98 valence electrons. The van der Waals surface area contributed by atoms with Gasteiger partial charge in [-0.05, 0) is 52.7 Å². The number of nitrogens with one attached hydrogen (secondary N) is 1. The summed E-state index contributed by atoms with van der Waals surface area (Å²) in [6, 6.07) is 8.36. The van der Waals surface area contributed by atoms with Gasteiger partial charge in [-0.1, -0.05) is 12.0 Å². The topological polar surface area (TPSA) is 46.2 Å². The van der Waals surface area contributed by atoms with E-state index in [4.69, 9.17) is 6.42 Å². The van der Waals surface area contributed by atoms with Gasteiger partial charge < -0.3 is 0 Å². The summed E-state index contributed by atoms with van der Waals surface area (Å²) in [6.45, 7) is 1.85. The van der Waals surface area contributed by atoms with E-state index in [9.17, 15) is 8.42 Å². The van der Waals surface area contributed by atoms with Crippen LogP contribution in [0.4, 0.5) is 5.69 Å².